The molecule has 122 valence electrons. The molecule has 0 unspecified atom stereocenters. The van der Waals surface area contributed by atoms with Crippen LogP contribution in [0.25, 0.3) is 5.69 Å². The van der Waals surface area contributed by atoms with Crippen LogP contribution in [-0.4, -0.2) is 34.3 Å². The third-order valence-electron chi connectivity index (χ3n) is 5.02. The van der Waals surface area contributed by atoms with Crippen LogP contribution in [0.15, 0.2) is 18.2 Å². The second-order valence-corrected chi connectivity index (χ2v) is 6.99. The third kappa shape index (κ3) is 2.74. The fraction of sp³-hybridized carbons (Fsp3) is 0.500. The summed E-state index contributed by atoms with van der Waals surface area (Å²) in [5.74, 6) is 1.15. The molecule has 0 radical (unpaired) electrons. The topological polar surface area (TPSA) is 33.1 Å². The van der Waals surface area contributed by atoms with E-state index in [4.69, 9.17) is 16.7 Å². The third-order valence-corrected chi connectivity index (χ3v) is 5.43. The van der Waals surface area contributed by atoms with Gasteiger partial charge in [0.05, 0.1) is 11.4 Å². The molecular formula is C18H23ClN4. The van der Waals surface area contributed by atoms with Gasteiger partial charge in [0.25, 0.3) is 0 Å². The molecule has 5 heteroatoms. The molecule has 0 amide bonds. The van der Waals surface area contributed by atoms with Gasteiger partial charge in [-0.15, -0.1) is 0 Å². The van der Waals surface area contributed by atoms with Gasteiger partial charge in [-0.05, 0) is 57.0 Å². The predicted molar refractivity (Wildman–Crippen MR) is 94.6 cm³/mol. The van der Waals surface area contributed by atoms with Crippen LogP contribution in [0.5, 0.6) is 0 Å². The number of benzene rings is 1. The smallest absolute Gasteiger partial charge is 0.133 e. The molecule has 1 fully saturated rings. The zero-order valence-corrected chi connectivity index (χ0v) is 14.4. The van der Waals surface area contributed by atoms with Crippen molar-refractivity contribution in [2.75, 3.05) is 25.0 Å². The van der Waals surface area contributed by atoms with E-state index in [9.17, 15) is 0 Å². The SMILES string of the molecule is Cc1c(Cl)cccc1-n1nc(CN2CCCCC2)c2c1NCC2. The van der Waals surface area contributed by atoms with Crippen molar-refractivity contribution in [3.63, 3.8) is 0 Å². The number of piperidine rings is 1. The molecule has 1 N–H and O–H groups in total. The van der Waals surface area contributed by atoms with Crippen LogP contribution in [0.2, 0.25) is 5.02 Å². The standard InChI is InChI=1S/C18H23ClN4/c1-13-15(19)6-5-7-17(13)23-18-14(8-9-20-18)16(21-23)12-22-10-3-2-4-11-22/h5-7,20H,2-4,8-12H2,1H3. The summed E-state index contributed by atoms with van der Waals surface area (Å²) in [5.41, 5.74) is 4.77. The maximum absolute atomic E-state index is 6.31. The zero-order valence-electron chi connectivity index (χ0n) is 13.6. The summed E-state index contributed by atoms with van der Waals surface area (Å²) in [7, 11) is 0. The number of likely N-dealkylation sites (tertiary alicyclic amines) is 1. The van der Waals surface area contributed by atoms with Gasteiger partial charge in [0.2, 0.25) is 0 Å². The van der Waals surface area contributed by atoms with Gasteiger partial charge < -0.3 is 5.32 Å². The Labute approximate surface area is 142 Å². The lowest BCUT2D eigenvalue weighted by atomic mass is 10.1. The number of nitrogens with one attached hydrogen (secondary N) is 1. The van der Waals surface area contributed by atoms with E-state index < -0.39 is 0 Å². The lowest BCUT2D eigenvalue weighted by Crippen LogP contribution is -2.29. The number of fused-ring (bicyclic) bond motifs is 1. The summed E-state index contributed by atoms with van der Waals surface area (Å²) in [6, 6.07) is 6.03. The van der Waals surface area contributed by atoms with E-state index in [0.29, 0.717) is 0 Å². The number of aromatic nitrogens is 2. The highest BCUT2D eigenvalue weighted by atomic mass is 35.5. The van der Waals surface area contributed by atoms with Crippen molar-refractivity contribution in [3.8, 4) is 5.69 Å². The summed E-state index contributed by atoms with van der Waals surface area (Å²) >= 11 is 6.31. The monoisotopic (exact) mass is 330 g/mol. The molecule has 1 aromatic heterocycles. The van der Waals surface area contributed by atoms with Crippen LogP contribution in [0, 0.1) is 6.92 Å². The lowest BCUT2D eigenvalue weighted by molar-refractivity contribution is 0.217. The summed E-state index contributed by atoms with van der Waals surface area (Å²) in [4.78, 5) is 2.54. The van der Waals surface area contributed by atoms with Gasteiger partial charge in [-0.2, -0.15) is 5.10 Å². The molecule has 0 saturated carbocycles. The Hall–Kier alpha value is -1.52. The van der Waals surface area contributed by atoms with Gasteiger partial charge in [-0.1, -0.05) is 24.1 Å². The van der Waals surface area contributed by atoms with Gasteiger partial charge in [0.15, 0.2) is 0 Å². The van der Waals surface area contributed by atoms with Gasteiger partial charge in [-0.25, -0.2) is 4.68 Å². The number of hydrogen-bond donors (Lipinski definition) is 1. The molecule has 0 bridgehead atoms. The first-order valence-electron chi connectivity index (χ1n) is 8.56. The molecule has 2 aromatic rings. The molecule has 4 rings (SSSR count). The molecule has 23 heavy (non-hydrogen) atoms. The fourth-order valence-electron chi connectivity index (χ4n) is 3.70. The quantitative estimate of drug-likeness (QED) is 0.929. The summed E-state index contributed by atoms with van der Waals surface area (Å²) in [6.45, 7) is 6.43. The molecule has 4 nitrogen and oxygen atoms in total. The maximum Gasteiger partial charge on any atom is 0.133 e. The van der Waals surface area contributed by atoms with Crippen molar-refractivity contribution in [1.29, 1.82) is 0 Å². The minimum atomic E-state index is 0.794. The molecule has 3 heterocycles. The minimum absolute atomic E-state index is 0.794. The molecule has 0 aliphatic carbocycles. The van der Waals surface area contributed by atoms with Crippen LogP contribution in [0.3, 0.4) is 0 Å². The fourth-order valence-corrected chi connectivity index (χ4v) is 3.87. The van der Waals surface area contributed by atoms with Crippen molar-refractivity contribution >= 4 is 17.4 Å². The summed E-state index contributed by atoms with van der Waals surface area (Å²) in [6.07, 6.45) is 5.06. The summed E-state index contributed by atoms with van der Waals surface area (Å²) < 4.78 is 2.06. The highest BCUT2D eigenvalue weighted by Gasteiger charge is 2.25. The van der Waals surface area contributed by atoms with Crippen LogP contribution >= 0.6 is 11.6 Å². The highest BCUT2D eigenvalue weighted by molar-refractivity contribution is 6.31. The van der Waals surface area contributed by atoms with Crippen LogP contribution < -0.4 is 5.32 Å². The number of nitrogens with zero attached hydrogens (tertiary/aromatic N) is 3. The van der Waals surface area contributed by atoms with Crippen molar-refractivity contribution < 1.29 is 0 Å². The first-order valence-corrected chi connectivity index (χ1v) is 8.94. The average Bonchev–Trinajstić information content (AvgIpc) is 3.15. The Balaban J connectivity index is 1.71. The Morgan fingerprint density at radius 2 is 2.04 bits per heavy atom. The average molecular weight is 331 g/mol. The van der Waals surface area contributed by atoms with Crippen molar-refractivity contribution in [3.05, 3.63) is 40.0 Å². The van der Waals surface area contributed by atoms with Crippen molar-refractivity contribution in [2.45, 2.75) is 39.2 Å². The number of halogens is 1. The van der Waals surface area contributed by atoms with E-state index in [0.717, 1.165) is 41.6 Å². The number of hydrogen-bond acceptors (Lipinski definition) is 3. The van der Waals surface area contributed by atoms with E-state index in [2.05, 4.69) is 27.9 Å². The molecule has 0 atom stereocenters. The van der Waals surface area contributed by atoms with Gasteiger partial charge in [0, 0.05) is 23.7 Å². The van der Waals surface area contributed by atoms with Crippen LogP contribution in [0.4, 0.5) is 5.82 Å². The Morgan fingerprint density at radius 1 is 1.22 bits per heavy atom. The van der Waals surface area contributed by atoms with E-state index >= 15 is 0 Å². The predicted octanol–water partition coefficient (Wildman–Crippen LogP) is 3.79. The van der Waals surface area contributed by atoms with E-state index in [1.54, 1.807) is 0 Å². The first-order chi connectivity index (χ1) is 11.2. The maximum atomic E-state index is 6.31. The second-order valence-electron chi connectivity index (χ2n) is 6.58. The van der Waals surface area contributed by atoms with Gasteiger partial charge >= 0.3 is 0 Å². The van der Waals surface area contributed by atoms with Gasteiger partial charge in [-0.3, -0.25) is 4.90 Å². The number of rotatable bonds is 3. The Bertz CT molecular complexity index is 716. The molecule has 1 aromatic carbocycles. The van der Waals surface area contributed by atoms with Crippen molar-refractivity contribution in [1.82, 2.24) is 14.7 Å². The van der Waals surface area contributed by atoms with Crippen molar-refractivity contribution in [2.24, 2.45) is 0 Å². The molecule has 1 saturated heterocycles. The Morgan fingerprint density at radius 3 is 2.87 bits per heavy atom. The largest absolute Gasteiger partial charge is 0.369 e. The normalized spacial score (nSPS) is 18.0. The van der Waals surface area contributed by atoms with E-state index in [-0.39, 0.29) is 0 Å². The van der Waals surface area contributed by atoms with Gasteiger partial charge in [0.1, 0.15) is 5.82 Å². The molecule has 0 spiro atoms. The molecule has 2 aliphatic heterocycles. The minimum Gasteiger partial charge on any atom is -0.369 e. The second kappa shape index (κ2) is 6.17. The first kappa shape index (κ1) is 15.0. The van der Waals surface area contributed by atoms with Crippen LogP contribution in [-0.2, 0) is 13.0 Å². The number of anilines is 1. The van der Waals surface area contributed by atoms with E-state index in [1.807, 2.05) is 12.1 Å². The highest BCUT2D eigenvalue weighted by Crippen LogP contribution is 2.32. The Kier molecular flexibility index (Phi) is 4.04. The molecule has 2 aliphatic rings. The summed E-state index contributed by atoms with van der Waals surface area (Å²) in [5, 5.41) is 9.26. The lowest BCUT2D eigenvalue weighted by Gasteiger charge is -2.25. The van der Waals surface area contributed by atoms with E-state index in [1.165, 1.54) is 43.6 Å². The molecular weight excluding hydrogens is 308 g/mol. The zero-order chi connectivity index (χ0) is 15.8. The van der Waals surface area contributed by atoms with Crippen LogP contribution in [0.1, 0.15) is 36.1 Å².